The summed E-state index contributed by atoms with van der Waals surface area (Å²) in [5.74, 6) is 1.01. The molecular weight excluding hydrogens is 258 g/mol. The molecule has 1 N–H and O–H groups in total. The highest BCUT2D eigenvalue weighted by molar-refractivity contribution is 5.52. The number of para-hydroxylation sites is 1. The minimum atomic E-state index is 0.116. The Kier molecular flexibility index (Phi) is 4.89. The molecule has 21 heavy (non-hydrogen) atoms. The lowest BCUT2D eigenvalue weighted by Gasteiger charge is -2.20. The van der Waals surface area contributed by atoms with Gasteiger partial charge >= 0.3 is 0 Å². The number of nitrogens with one attached hydrogen (secondary N) is 1. The molecule has 0 aromatic heterocycles. The second-order valence-corrected chi connectivity index (χ2v) is 5.85. The summed E-state index contributed by atoms with van der Waals surface area (Å²) >= 11 is 0. The molecule has 0 aliphatic carbocycles. The van der Waals surface area contributed by atoms with Gasteiger partial charge in [-0.2, -0.15) is 0 Å². The molecule has 0 saturated heterocycles. The molecule has 2 aromatic carbocycles. The van der Waals surface area contributed by atoms with E-state index in [2.05, 4.69) is 76.3 Å². The first kappa shape index (κ1) is 15.4. The summed E-state index contributed by atoms with van der Waals surface area (Å²) < 4.78 is 6.10. The molecule has 112 valence electrons. The average Bonchev–Trinajstić information content (AvgIpc) is 2.42. The zero-order valence-electron chi connectivity index (χ0n) is 13.7. The number of anilines is 1. The van der Waals surface area contributed by atoms with Crippen LogP contribution in [0.2, 0.25) is 0 Å². The van der Waals surface area contributed by atoms with Crippen LogP contribution in [-0.2, 0) is 0 Å². The summed E-state index contributed by atoms with van der Waals surface area (Å²) in [6, 6.07) is 12.7. The smallest absolute Gasteiger partial charge is 0.125 e. The van der Waals surface area contributed by atoms with Crippen molar-refractivity contribution < 1.29 is 4.74 Å². The Morgan fingerprint density at radius 3 is 2.24 bits per heavy atom. The van der Waals surface area contributed by atoms with Crippen LogP contribution < -0.4 is 10.1 Å². The van der Waals surface area contributed by atoms with E-state index >= 15 is 0 Å². The monoisotopic (exact) mass is 283 g/mol. The molecule has 0 spiro atoms. The van der Waals surface area contributed by atoms with Gasteiger partial charge < -0.3 is 10.1 Å². The maximum absolute atomic E-state index is 6.10. The normalized spacial score (nSPS) is 12.0. The first-order valence-electron chi connectivity index (χ1n) is 7.51. The van der Waals surface area contributed by atoms with Gasteiger partial charge in [-0.25, -0.2) is 0 Å². The summed E-state index contributed by atoms with van der Waals surface area (Å²) in [7, 11) is 0. The van der Waals surface area contributed by atoms with Crippen molar-refractivity contribution in [3.63, 3.8) is 0 Å². The quantitative estimate of drug-likeness (QED) is 0.851. The van der Waals surface area contributed by atoms with Crippen LogP contribution in [0.25, 0.3) is 0 Å². The van der Waals surface area contributed by atoms with Crippen molar-refractivity contribution in [3.8, 4) is 5.75 Å². The summed E-state index contributed by atoms with van der Waals surface area (Å²) in [5.41, 5.74) is 6.12. The molecule has 0 radical (unpaired) electrons. The van der Waals surface area contributed by atoms with Crippen LogP contribution in [0.5, 0.6) is 5.75 Å². The summed E-state index contributed by atoms with van der Waals surface area (Å²) in [4.78, 5) is 0. The van der Waals surface area contributed by atoms with E-state index in [-0.39, 0.29) is 6.10 Å². The topological polar surface area (TPSA) is 21.3 Å². The lowest BCUT2D eigenvalue weighted by atomic mass is 10.1. The maximum Gasteiger partial charge on any atom is 0.125 e. The second kappa shape index (κ2) is 6.66. The Labute approximate surface area is 128 Å². The fraction of sp³-hybridized carbons (Fsp3) is 0.368. The van der Waals surface area contributed by atoms with Gasteiger partial charge in [0, 0.05) is 5.69 Å². The van der Waals surface area contributed by atoms with E-state index in [1.165, 1.54) is 27.9 Å². The van der Waals surface area contributed by atoms with Gasteiger partial charge in [-0.1, -0.05) is 35.9 Å². The first-order valence-corrected chi connectivity index (χ1v) is 7.51. The van der Waals surface area contributed by atoms with Gasteiger partial charge in [0.2, 0.25) is 0 Å². The van der Waals surface area contributed by atoms with Gasteiger partial charge in [-0.05, 0) is 57.4 Å². The molecule has 0 aliphatic heterocycles. The third-order valence-corrected chi connectivity index (χ3v) is 3.69. The minimum Gasteiger partial charge on any atom is -0.488 e. The molecule has 0 amide bonds. The standard InChI is InChI=1S/C19H25NO/c1-13-9-10-18(16(4)11-13)20-12-17(5)21-19-14(2)7-6-8-15(19)3/h6-11,17,20H,12H2,1-5H3. The third-order valence-electron chi connectivity index (χ3n) is 3.69. The van der Waals surface area contributed by atoms with E-state index in [0.29, 0.717) is 0 Å². The molecule has 2 heteroatoms. The van der Waals surface area contributed by atoms with Crippen molar-refractivity contribution in [2.75, 3.05) is 11.9 Å². The number of hydrogen-bond acceptors (Lipinski definition) is 2. The molecule has 2 nitrogen and oxygen atoms in total. The third kappa shape index (κ3) is 4.01. The van der Waals surface area contributed by atoms with Crippen molar-refractivity contribution in [2.45, 2.75) is 40.7 Å². The van der Waals surface area contributed by atoms with Crippen molar-refractivity contribution in [1.29, 1.82) is 0 Å². The number of benzene rings is 2. The first-order chi connectivity index (χ1) is 9.97. The molecule has 0 bridgehead atoms. The van der Waals surface area contributed by atoms with E-state index in [1.54, 1.807) is 0 Å². The lowest BCUT2D eigenvalue weighted by molar-refractivity contribution is 0.231. The van der Waals surface area contributed by atoms with Gasteiger partial charge in [-0.3, -0.25) is 0 Å². The molecule has 2 aromatic rings. The molecular formula is C19H25NO. The Morgan fingerprint density at radius 1 is 0.952 bits per heavy atom. The van der Waals surface area contributed by atoms with Gasteiger partial charge in [0.05, 0.1) is 6.54 Å². The van der Waals surface area contributed by atoms with Crippen LogP contribution >= 0.6 is 0 Å². The van der Waals surface area contributed by atoms with Crippen molar-refractivity contribution in [2.24, 2.45) is 0 Å². The molecule has 1 unspecified atom stereocenters. The van der Waals surface area contributed by atoms with Crippen LogP contribution in [-0.4, -0.2) is 12.6 Å². The Balaban J connectivity index is 1.97. The highest BCUT2D eigenvalue weighted by Gasteiger charge is 2.09. The van der Waals surface area contributed by atoms with Gasteiger partial charge in [0.15, 0.2) is 0 Å². The fourth-order valence-corrected chi connectivity index (χ4v) is 2.49. The zero-order valence-corrected chi connectivity index (χ0v) is 13.7. The van der Waals surface area contributed by atoms with E-state index in [0.717, 1.165) is 12.3 Å². The van der Waals surface area contributed by atoms with Crippen molar-refractivity contribution >= 4 is 5.69 Å². The fourth-order valence-electron chi connectivity index (χ4n) is 2.49. The molecule has 0 saturated carbocycles. The Hall–Kier alpha value is -1.96. The van der Waals surface area contributed by atoms with E-state index in [1.807, 2.05) is 0 Å². The van der Waals surface area contributed by atoms with Crippen LogP contribution in [0.15, 0.2) is 36.4 Å². The minimum absolute atomic E-state index is 0.116. The van der Waals surface area contributed by atoms with Crippen molar-refractivity contribution in [1.82, 2.24) is 0 Å². The predicted octanol–water partition coefficient (Wildman–Crippen LogP) is 4.80. The second-order valence-electron chi connectivity index (χ2n) is 5.85. The largest absolute Gasteiger partial charge is 0.488 e. The van der Waals surface area contributed by atoms with E-state index < -0.39 is 0 Å². The molecule has 0 aliphatic rings. The number of hydrogen-bond donors (Lipinski definition) is 1. The molecule has 1 atom stereocenters. The zero-order chi connectivity index (χ0) is 15.4. The van der Waals surface area contributed by atoms with Gasteiger partial charge in [-0.15, -0.1) is 0 Å². The number of ether oxygens (including phenoxy) is 1. The highest BCUT2D eigenvalue weighted by atomic mass is 16.5. The van der Waals surface area contributed by atoms with Crippen LogP contribution in [0.4, 0.5) is 5.69 Å². The van der Waals surface area contributed by atoms with Gasteiger partial charge in [0.25, 0.3) is 0 Å². The summed E-state index contributed by atoms with van der Waals surface area (Å²) in [5, 5.41) is 3.47. The summed E-state index contributed by atoms with van der Waals surface area (Å²) in [6.07, 6.45) is 0.116. The predicted molar refractivity (Wildman–Crippen MR) is 90.4 cm³/mol. The highest BCUT2D eigenvalue weighted by Crippen LogP contribution is 2.24. The molecule has 0 fully saturated rings. The lowest BCUT2D eigenvalue weighted by Crippen LogP contribution is -2.23. The molecule has 2 rings (SSSR count). The van der Waals surface area contributed by atoms with Crippen molar-refractivity contribution in [3.05, 3.63) is 58.7 Å². The number of rotatable bonds is 5. The average molecular weight is 283 g/mol. The van der Waals surface area contributed by atoms with E-state index in [9.17, 15) is 0 Å². The van der Waals surface area contributed by atoms with Crippen LogP contribution in [0.3, 0.4) is 0 Å². The van der Waals surface area contributed by atoms with E-state index in [4.69, 9.17) is 4.74 Å². The Morgan fingerprint density at radius 2 is 1.62 bits per heavy atom. The number of aryl methyl sites for hydroxylation is 4. The van der Waals surface area contributed by atoms with Crippen LogP contribution in [0, 0.1) is 27.7 Å². The van der Waals surface area contributed by atoms with Crippen LogP contribution in [0.1, 0.15) is 29.2 Å². The Bertz CT molecular complexity index is 599. The SMILES string of the molecule is Cc1ccc(NCC(C)Oc2c(C)cccc2C)c(C)c1. The maximum atomic E-state index is 6.10. The summed E-state index contributed by atoms with van der Waals surface area (Å²) in [6.45, 7) is 11.3. The van der Waals surface area contributed by atoms with Gasteiger partial charge in [0.1, 0.15) is 11.9 Å². The molecule has 0 heterocycles.